The number of amides is 1. The second-order valence-corrected chi connectivity index (χ2v) is 5.68. The van der Waals surface area contributed by atoms with Gasteiger partial charge in [-0.25, -0.2) is 4.98 Å². The van der Waals surface area contributed by atoms with E-state index < -0.39 is 0 Å². The molecule has 25 heavy (non-hydrogen) atoms. The SMILES string of the molecule is CNC(=O)c1ccc(Nc2nc(Cl)nc3cc4c(cc23)OCO4)cc1. The van der Waals surface area contributed by atoms with E-state index in [1.54, 1.807) is 37.4 Å². The zero-order valence-corrected chi connectivity index (χ0v) is 13.9. The van der Waals surface area contributed by atoms with E-state index in [-0.39, 0.29) is 18.0 Å². The first kappa shape index (κ1) is 15.5. The van der Waals surface area contributed by atoms with Gasteiger partial charge in [0.2, 0.25) is 12.1 Å². The number of hydrogen-bond donors (Lipinski definition) is 2. The minimum atomic E-state index is -0.144. The van der Waals surface area contributed by atoms with Gasteiger partial charge in [0.15, 0.2) is 11.5 Å². The molecule has 2 N–H and O–H groups in total. The number of carbonyl (C=O) groups excluding carboxylic acids is 1. The molecule has 4 rings (SSSR count). The van der Waals surface area contributed by atoms with E-state index in [1.807, 2.05) is 6.07 Å². The minimum Gasteiger partial charge on any atom is -0.454 e. The second kappa shape index (κ2) is 6.10. The summed E-state index contributed by atoms with van der Waals surface area (Å²) in [5.74, 6) is 1.66. The van der Waals surface area contributed by atoms with Crippen LogP contribution in [0.1, 0.15) is 10.4 Å². The average molecular weight is 357 g/mol. The predicted molar refractivity (Wildman–Crippen MR) is 93.8 cm³/mol. The lowest BCUT2D eigenvalue weighted by Crippen LogP contribution is -2.17. The Labute approximate surface area is 147 Å². The van der Waals surface area contributed by atoms with Crippen LogP contribution >= 0.6 is 11.6 Å². The molecular formula is C17H13ClN4O3. The summed E-state index contributed by atoms with van der Waals surface area (Å²) in [6.07, 6.45) is 0. The third-order valence-corrected chi connectivity index (χ3v) is 3.97. The van der Waals surface area contributed by atoms with E-state index in [0.29, 0.717) is 28.4 Å². The third kappa shape index (κ3) is 2.89. The van der Waals surface area contributed by atoms with Crippen LogP contribution in [0.25, 0.3) is 10.9 Å². The molecule has 0 fully saturated rings. The maximum Gasteiger partial charge on any atom is 0.251 e. The Kier molecular flexibility index (Phi) is 3.77. The molecule has 0 saturated carbocycles. The summed E-state index contributed by atoms with van der Waals surface area (Å²) in [6, 6.07) is 10.6. The fourth-order valence-electron chi connectivity index (χ4n) is 2.57. The Bertz CT molecular complexity index is 976. The number of carbonyl (C=O) groups is 1. The summed E-state index contributed by atoms with van der Waals surface area (Å²) in [7, 11) is 1.59. The van der Waals surface area contributed by atoms with Gasteiger partial charge in [-0.1, -0.05) is 0 Å². The molecule has 1 amide bonds. The zero-order chi connectivity index (χ0) is 17.4. The van der Waals surface area contributed by atoms with Crippen molar-refractivity contribution >= 4 is 39.9 Å². The molecule has 7 nitrogen and oxygen atoms in total. The molecule has 0 saturated heterocycles. The molecule has 1 aliphatic rings. The number of nitrogens with one attached hydrogen (secondary N) is 2. The molecule has 126 valence electrons. The van der Waals surface area contributed by atoms with Gasteiger partial charge in [0, 0.05) is 29.8 Å². The number of halogens is 1. The van der Waals surface area contributed by atoms with Crippen LogP contribution in [-0.2, 0) is 0 Å². The normalized spacial score (nSPS) is 12.2. The molecule has 2 aromatic carbocycles. The number of nitrogens with zero attached hydrogens (tertiary/aromatic N) is 2. The number of aromatic nitrogens is 2. The van der Waals surface area contributed by atoms with Gasteiger partial charge in [0.1, 0.15) is 5.82 Å². The van der Waals surface area contributed by atoms with Crippen LogP contribution in [0.5, 0.6) is 11.5 Å². The van der Waals surface area contributed by atoms with E-state index in [2.05, 4.69) is 20.6 Å². The van der Waals surface area contributed by atoms with Crippen LogP contribution in [0.4, 0.5) is 11.5 Å². The minimum absolute atomic E-state index is 0.121. The smallest absolute Gasteiger partial charge is 0.251 e. The van der Waals surface area contributed by atoms with Crippen molar-refractivity contribution in [3.8, 4) is 11.5 Å². The number of rotatable bonds is 3. The quantitative estimate of drug-likeness (QED) is 0.701. The van der Waals surface area contributed by atoms with E-state index in [4.69, 9.17) is 21.1 Å². The van der Waals surface area contributed by atoms with Gasteiger partial charge in [0.25, 0.3) is 5.91 Å². The van der Waals surface area contributed by atoms with Gasteiger partial charge >= 0.3 is 0 Å². The van der Waals surface area contributed by atoms with Crippen LogP contribution in [0.15, 0.2) is 36.4 Å². The highest BCUT2D eigenvalue weighted by Crippen LogP contribution is 2.38. The molecule has 1 aliphatic heterocycles. The summed E-state index contributed by atoms with van der Waals surface area (Å²) in [5.41, 5.74) is 1.98. The van der Waals surface area contributed by atoms with E-state index in [1.165, 1.54) is 0 Å². The largest absolute Gasteiger partial charge is 0.454 e. The number of fused-ring (bicyclic) bond motifs is 2. The van der Waals surface area contributed by atoms with E-state index >= 15 is 0 Å². The molecule has 1 aromatic heterocycles. The lowest BCUT2D eigenvalue weighted by Gasteiger charge is -2.10. The third-order valence-electron chi connectivity index (χ3n) is 3.80. The average Bonchev–Trinajstić information content (AvgIpc) is 3.07. The van der Waals surface area contributed by atoms with Crippen LogP contribution in [0.3, 0.4) is 0 Å². The molecule has 0 unspecified atom stereocenters. The number of anilines is 2. The van der Waals surface area contributed by atoms with Gasteiger partial charge in [-0.05, 0) is 41.9 Å². The molecule has 2 heterocycles. The van der Waals surface area contributed by atoms with Crippen molar-refractivity contribution in [3.05, 3.63) is 47.2 Å². The van der Waals surface area contributed by atoms with Crippen LogP contribution in [0.2, 0.25) is 5.28 Å². The molecule has 0 aliphatic carbocycles. The molecule has 0 spiro atoms. The van der Waals surface area contributed by atoms with Crippen LogP contribution in [-0.4, -0.2) is 29.7 Å². The molecule has 0 radical (unpaired) electrons. The number of hydrogen-bond acceptors (Lipinski definition) is 6. The topological polar surface area (TPSA) is 85.4 Å². The van der Waals surface area contributed by atoms with Crippen LogP contribution in [0, 0.1) is 0 Å². The van der Waals surface area contributed by atoms with Gasteiger partial charge in [0.05, 0.1) is 5.52 Å². The monoisotopic (exact) mass is 356 g/mol. The van der Waals surface area contributed by atoms with Crippen molar-refractivity contribution in [3.63, 3.8) is 0 Å². The highest BCUT2D eigenvalue weighted by Gasteiger charge is 2.17. The predicted octanol–water partition coefficient (Wildman–Crippen LogP) is 3.12. The van der Waals surface area contributed by atoms with E-state index in [9.17, 15) is 4.79 Å². The fourth-order valence-corrected chi connectivity index (χ4v) is 2.75. The van der Waals surface area contributed by atoms with Crippen LogP contribution < -0.4 is 20.1 Å². The number of benzene rings is 2. The van der Waals surface area contributed by atoms with Crippen molar-refractivity contribution < 1.29 is 14.3 Å². The summed E-state index contributed by atoms with van der Waals surface area (Å²) < 4.78 is 10.8. The van der Waals surface area contributed by atoms with Gasteiger partial charge in [-0.15, -0.1) is 0 Å². The van der Waals surface area contributed by atoms with Gasteiger partial charge in [-0.2, -0.15) is 4.98 Å². The summed E-state index contributed by atoms with van der Waals surface area (Å²) in [4.78, 5) is 20.1. The van der Waals surface area contributed by atoms with Gasteiger partial charge in [-0.3, -0.25) is 4.79 Å². The van der Waals surface area contributed by atoms with Gasteiger partial charge < -0.3 is 20.1 Å². The maximum atomic E-state index is 11.6. The molecule has 0 bridgehead atoms. The lowest BCUT2D eigenvalue weighted by atomic mass is 10.1. The molecular weight excluding hydrogens is 344 g/mol. The Hall–Kier alpha value is -3.06. The van der Waals surface area contributed by atoms with Crippen molar-refractivity contribution in [2.24, 2.45) is 0 Å². The van der Waals surface area contributed by atoms with Crippen molar-refractivity contribution in [1.82, 2.24) is 15.3 Å². The van der Waals surface area contributed by atoms with Crippen molar-refractivity contribution in [1.29, 1.82) is 0 Å². The maximum absolute atomic E-state index is 11.6. The zero-order valence-electron chi connectivity index (χ0n) is 13.2. The summed E-state index contributed by atoms with van der Waals surface area (Å²) in [6.45, 7) is 0.177. The highest BCUT2D eigenvalue weighted by molar-refractivity contribution is 6.28. The fraction of sp³-hybridized carbons (Fsp3) is 0.118. The van der Waals surface area contributed by atoms with E-state index in [0.717, 1.165) is 11.1 Å². The molecule has 8 heteroatoms. The molecule has 0 atom stereocenters. The highest BCUT2D eigenvalue weighted by atomic mass is 35.5. The second-order valence-electron chi connectivity index (χ2n) is 5.35. The standard InChI is InChI=1S/C17H13ClN4O3/c1-19-16(23)9-2-4-10(5-3-9)20-15-11-6-13-14(25-8-24-13)7-12(11)21-17(18)22-15/h2-7H,8H2,1H3,(H,19,23)(H,20,21,22). The van der Waals surface area contributed by atoms with Crippen molar-refractivity contribution in [2.45, 2.75) is 0 Å². The molecule has 3 aromatic rings. The lowest BCUT2D eigenvalue weighted by molar-refractivity contribution is 0.0963. The first-order valence-corrected chi connectivity index (χ1v) is 7.88. The number of ether oxygens (including phenoxy) is 2. The Balaban J connectivity index is 1.72. The first-order valence-electron chi connectivity index (χ1n) is 7.50. The first-order chi connectivity index (χ1) is 12.1. The Morgan fingerprint density at radius 2 is 1.84 bits per heavy atom. The Morgan fingerprint density at radius 1 is 1.12 bits per heavy atom. The summed E-state index contributed by atoms with van der Waals surface area (Å²) in [5, 5.41) is 6.66. The van der Waals surface area contributed by atoms with Crippen molar-refractivity contribution in [2.75, 3.05) is 19.2 Å². The Morgan fingerprint density at radius 3 is 2.56 bits per heavy atom. The summed E-state index contributed by atoms with van der Waals surface area (Å²) >= 11 is 6.04.